The van der Waals surface area contributed by atoms with Crippen LogP contribution in [0.4, 0.5) is 0 Å². The van der Waals surface area contributed by atoms with Gasteiger partial charge in [-0.05, 0) is 83.5 Å². The van der Waals surface area contributed by atoms with Crippen LogP contribution in [0.3, 0.4) is 0 Å². The van der Waals surface area contributed by atoms with Gasteiger partial charge in [0.15, 0.2) is 0 Å². The van der Waals surface area contributed by atoms with Crippen LogP contribution in [-0.4, -0.2) is 47.4 Å². The highest BCUT2D eigenvalue weighted by molar-refractivity contribution is 5.76. The molecule has 0 rings (SSSR count). The molecule has 0 aliphatic carbocycles. The first-order valence-corrected chi connectivity index (χ1v) is 33.2. The first-order valence-electron chi connectivity index (χ1n) is 33.2. The lowest BCUT2D eigenvalue weighted by atomic mass is 10.0. The minimum absolute atomic E-state index is 0.00411. The molecule has 0 fully saturated rings. The first-order chi connectivity index (χ1) is 36.5. The van der Waals surface area contributed by atoms with Crippen LogP contribution in [0, 0.1) is 0 Å². The summed E-state index contributed by atoms with van der Waals surface area (Å²) in [6.07, 6.45) is 80.2. The van der Waals surface area contributed by atoms with E-state index in [2.05, 4.69) is 55.6 Å². The van der Waals surface area contributed by atoms with E-state index in [1.807, 2.05) is 0 Å². The Bertz CT molecular complexity index is 1200. The number of carbonyl (C=O) groups excluding carboxylic acids is 2. The number of aliphatic hydroxyl groups excluding tert-OH is 2. The van der Waals surface area contributed by atoms with Crippen LogP contribution in [0.25, 0.3) is 0 Å². The molecule has 6 heteroatoms. The first kappa shape index (κ1) is 72.1. The van der Waals surface area contributed by atoms with E-state index in [-0.39, 0.29) is 18.5 Å². The van der Waals surface area contributed by atoms with Crippen molar-refractivity contribution < 1.29 is 24.5 Å². The molecule has 3 N–H and O–H groups in total. The lowest BCUT2D eigenvalue weighted by Crippen LogP contribution is -2.45. The van der Waals surface area contributed by atoms with Gasteiger partial charge in [0.1, 0.15) is 0 Å². The maximum atomic E-state index is 12.5. The zero-order chi connectivity index (χ0) is 53.6. The molecule has 0 aromatic heterocycles. The van der Waals surface area contributed by atoms with E-state index < -0.39 is 12.1 Å². The Labute approximate surface area is 462 Å². The van der Waals surface area contributed by atoms with Crippen molar-refractivity contribution in [3.05, 3.63) is 36.5 Å². The topological polar surface area (TPSA) is 95.9 Å². The molecule has 2 unspecified atom stereocenters. The number of ether oxygens (including phenoxy) is 1. The molecule has 0 radical (unpaired) electrons. The summed E-state index contributed by atoms with van der Waals surface area (Å²) < 4.78 is 5.49. The summed E-state index contributed by atoms with van der Waals surface area (Å²) in [6.45, 7) is 4.96. The van der Waals surface area contributed by atoms with Crippen LogP contribution in [0.15, 0.2) is 36.5 Å². The van der Waals surface area contributed by atoms with Crippen molar-refractivity contribution in [3.63, 3.8) is 0 Å². The maximum absolute atomic E-state index is 12.5. The van der Waals surface area contributed by atoms with Crippen LogP contribution >= 0.6 is 0 Å². The summed E-state index contributed by atoms with van der Waals surface area (Å²) in [5.41, 5.74) is 0. The molecule has 6 nitrogen and oxygen atoms in total. The monoisotopic (exact) mass is 1040 g/mol. The van der Waals surface area contributed by atoms with Gasteiger partial charge in [-0.25, -0.2) is 0 Å². The van der Waals surface area contributed by atoms with Crippen molar-refractivity contribution in [1.29, 1.82) is 0 Å². The van der Waals surface area contributed by atoms with Gasteiger partial charge >= 0.3 is 5.97 Å². The summed E-state index contributed by atoms with van der Waals surface area (Å²) in [5, 5.41) is 23.3. The van der Waals surface area contributed by atoms with Gasteiger partial charge < -0.3 is 20.3 Å². The van der Waals surface area contributed by atoms with Gasteiger partial charge in [0, 0.05) is 12.8 Å². The third kappa shape index (κ3) is 59.3. The zero-order valence-electron chi connectivity index (χ0n) is 49.8. The van der Waals surface area contributed by atoms with Gasteiger partial charge in [-0.1, -0.05) is 301 Å². The number of esters is 1. The summed E-state index contributed by atoms with van der Waals surface area (Å²) in [5.74, 6) is -0.0390. The number of carbonyl (C=O) groups is 2. The summed E-state index contributed by atoms with van der Waals surface area (Å²) in [7, 11) is 0. The van der Waals surface area contributed by atoms with Gasteiger partial charge in [-0.2, -0.15) is 0 Å². The van der Waals surface area contributed by atoms with Crippen LogP contribution in [0.2, 0.25) is 0 Å². The molecule has 0 aromatic rings. The van der Waals surface area contributed by atoms with E-state index in [1.54, 1.807) is 0 Å². The van der Waals surface area contributed by atoms with Crippen LogP contribution in [0.1, 0.15) is 361 Å². The number of hydrogen-bond donors (Lipinski definition) is 3. The smallest absolute Gasteiger partial charge is 0.305 e. The third-order valence-electron chi connectivity index (χ3n) is 15.4. The summed E-state index contributed by atoms with van der Waals surface area (Å²) >= 11 is 0. The minimum Gasteiger partial charge on any atom is -0.466 e. The highest BCUT2D eigenvalue weighted by Gasteiger charge is 2.20. The number of amides is 1. The van der Waals surface area contributed by atoms with E-state index in [0.29, 0.717) is 25.9 Å². The molecular formula is C68H129NO5. The van der Waals surface area contributed by atoms with Crippen molar-refractivity contribution in [2.75, 3.05) is 13.2 Å². The van der Waals surface area contributed by atoms with Gasteiger partial charge in [0.25, 0.3) is 0 Å². The standard InChI is InChI=1S/C68H129NO5/c1-3-5-7-9-11-13-15-17-19-28-32-36-40-44-48-52-56-60-66(71)65(64-70)69-67(72)61-57-53-49-45-41-37-33-30-26-24-22-21-23-25-27-31-35-39-43-47-51-55-59-63-74-68(73)62-58-54-50-46-42-38-34-29-20-18-16-14-12-10-8-6-4-2/h18,20-21,23-24,26,65-66,70-71H,3-17,19,22,25,27-64H2,1-2H3,(H,69,72)/b20-18-,23-21-,26-24-. The molecule has 0 saturated carbocycles. The van der Waals surface area contributed by atoms with E-state index in [4.69, 9.17) is 4.74 Å². The predicted octanol–water partition coefficient (Wildman–Crippen LogP) is 21.1. The Morgan fingerprint density at radius 3 is 1.04 bits per heavy atom. The number of aliphatic hydroxyl groups is 2. The molecule has 0 aliphatic heterocycles. The molecule has 0 heterocycles. The average molecular weight is 1040 g/mol. The highest BCUT2D eigenvalue weighted by Crippen LogP contribution is 2.18. The fourth-order valence-corrected chi connectivity index (χ4v) is 10.3. The second-order valence-electron chi connectivity index (χ2n) is 22.8. The van der Waals surface area contributed by atoms with Crippen LogP contribution < -0.4 is 5.32 Å². The third-order valence-corrected chi connectivity index (χ3v) is 15.4. The lowest BCUT2D eigenvalue weighted by Gasteiger charge is -2.22. The SMILES string of the molecule is CCCCCCCC/C=C\CCCCCCCCCC(=O)OCCCCCCCCCCC/C=C\C/C=C\CCCCCCCCCC(=O)NC(CO)C(O)CCCCCCCCCCCCCCCCCCC. The molecule has 0 bridgehead atoms. The van der Waals surface area contributed by atoms with E-state index in [0.717, 1.165) is 57.8 Å². The lowest BCUT2D eigenvalue weighted by molar-refractivity contribution is -0.143. The van der Waals surface area contributed by atoms with Crippen LogP contribution in [-0.2, 0) is 14.3 Å². The van der Waals surface area contributed by atoms with Gasteiger partial charge in [-0.15, -0.1) is 0 Å². The fraction of sp³-hybridized carbons (Fsp3) is 0.882. The number of nitrogens with one attached hydrogen (secondary N) is 1. The molecule has 0 saturated heterocycles. The molecule has 2 atom stereocenters. The Morgan fingerprint density at radius 1 is 0.378 bits per heavy atom. The number of hydrogen-bond acceptors (Lipinski definition) is 5. The van der Waals surface area contributed by atoms with E-state index >= 15 is 0 Å². The molecule has 1 amide bonds. The van der Waals surface area contributed by atoms with Crippen molar-refractivity contribution in [2.45, 2.75) is 373 Å². The molecule has 436 valence electrons. The van der Waals surface area contributed by atoms with Gasteiger partial charge in [0.05, 0.1) is 25.4 Å². The molecule has 0 aromatic carbocycles. The minimum atomic E-state index is -0.672. The quantitative estimate of drug-likeness (QED) is 0.0320. The van der Waals surface area contributed by atoms with Crippen LogP contribution in [0.5, 0.6) is 0 Å². The Balaban J connectivity index is 3.44. The Kier molecular flexibility index (Phi) is 62.0. The van der Waals surface area contributed by atoms with Crippen molar-refractivity contribution in [2.24, 2.45) is 0 Å². The van der Waals surface area contributed by atoms with Crippen molar-refractivity contribution in [1.82, 2.24) is 5.32 Å². The highest BCUT2D eigenvalue weighted by atomic mass is 16.5. The summed E-state index contributed by atoms with van der Waals surface area (Å²) in [4.78, 5) is 24.6. The molecule has 0 spiro atoms. The number of allylic oxidation sites excluding steroid dienone is 6. The average Bonchev–Trinajstić information content (AvgIpc) is 3.40. The van der Waals surface area contributed by atoms with E-state index in [9.17, 15) is 19.8 Å². The van der Waals surface area contributed by atoms with E-state index in [1.165, 1.54) is 270 Å². The summed E-state index contributed by atoms with van der Waals surface area (Å²) in [6, 6.07) is -0.550. The molecule has 0 aliphatic rings. The zero-order valence-corrected chi connectivity index (χ0v) is 49.8. The van der Waals surface area contributed by atoms with Gasteiger partial charge in [0.2, 0.25) is 5.91 Å². The Hall–Kier alpha value is -1.92. The second kappa shape index (κ2) is 63.6. The number of unbranched alkanes of at least 4 members (excludes halogenated alkanes) is 45. The maximum Gasteiger partial charge on any atom is 0.305 e. The van der Waals surface area contributed by atoms with Gasteiger partial charge in [-0.3, -0.25) is 9.59 Å². The van der Waals surface area contributed by atoms with Crippen molar-refractivity contribution in [3.8, 4) is 0 Å². The Morgan fingerprint density at radius 2 is 0.676 bits per heavy atom. The van der Waals surface area contributed by atoms with Crippen molar-refractivity contribution >= 4 is 11.9 Å². The fourth-order valence-electron chi connectivity index (χ4n) is 10.3. The molecular weight excluding hydrogens is 911 g/mol. The second-order valence-corrected chi connectivity index (χ2v) is 22.8. The normalized spacial score (nSPS) is 12.8. The predicted molar refractivity (Wildman–Crippen MR) is 324 cm³/mol. The largest absolute Gasteiger partial charge is 0.466 e. The molecule has 74 heavy (non-hydrogen) atoms. The number of rotatable bonds is 62.